The van der Waals surface area contributed by atoms with Crippen LogP contribution in [0.4, 0.5) is 0 Å². The number of aliphatic hydroxyl groups is 1. The highest BCUT2D eigenvalue weighted by atomic mass is 32.2. The van der Waals surface area contributed by atoms with Crippen LogP contribution in [0.3, 0.4) is 0 Å². The summed E-state index contributed by atoms with van der Waals surface area (Å²) >= 11 is 0. The minimum Gasteiger partial charge on any atom is -0.387 e. The van der Waals surface area contributed by atoms with Crippen LogP contribution in [0.15, 0.2) is 24.3 Å². The molecule has 0 rings (SSSR count). The Kier molecular flexibility index (Phi) is 21.5. The van der Waals surface area contributed by atoms with Crippen molar-refractivity contribution in [3.8, 4) is 0 Å². The van der Waals surface area contributed by atoms with Crippen molar-refractivity contribution in [2.75, 3.05) is 5.75 Å². The molecule has 0 aliphatic rings. The topological polar surface area (TPSA) is 104 Å². The quantitative estimate of drug-likeness (QED) is 0.0842. The molecule has 0 aromatic rings. The van der Waals surface area contributed by atoms with Gasteiger partial charge < -0.3 is 10.4 Å². The van der Waals surface area contributed by atoms with Crippen molar-refractivity contribution >= 4 is 16.0 Å². The summed E-state index contributed by atoms with van der Waals surface area (Å²) in [4.78, 5) is 12.2. The molecule has 0 aromatic carbocycles. The van der Waals surface area contributed by atoms with Crippen LogP contribution in [0.1, 0.15) is 123 Å². The third kappa shape index (κ3) is 22.6. The zero-order chi connectivity index (χ0) is 25.5. The summed E-state index contributed by atoms with van der Waals surface area (Å²) in [5, 5.41) is 13.0. The normalized spacial score (nSPS) is 14.1. The summed E-state index contributed by atoms with van der Waals surface area (Å²) in [5.41, 5.74) is 0. The van der Waals surface area contributed by atoms with Gasteiger partial charge in [-0.05, 0) is 32.1 Å². The van der Waals surface area contributed by atoms with Gasteiger partial charge in [-0.1, -0.05) is 109 Å². The predicted molar refractivity (Wildman–Crippen MR) is 142 cm³/mol. The lowest BCUT2D eigenvalue weighted by Crippen LogP contribution is -2.46. The molecule has 0 spiro atoms. The fourth-order valence-electron chi connectivity index (χ4n) is 3.81. The highest BCUT2D eigenvalue weighted by Gasteiger charge is 2.24. The van der Waals surface area contributed by atoms with Crippen molar-refractivity contribution in [3.05, 3.63) is 24.3 Å². The number of carbonyl (C=O) groups excluding carboxylic acids is 1. The van der Waals surface area contributed by atoms with E-state index in [9.17, 15) is 22.9 Å². The molecule has 3 N–H and O–H groups in total. The van der Waals surface area contributed by atoms with E-state index in [1.807, 2.05) is 0 Å². The molecule has 2 atom stereocenters. The Hall–Kier alpha value is -1.18. The zero-order valence-corrected chi connectivity index (χ0v) is 22.5. The first-order chi connectivity index (χ1) is 16.3. The summed E-state index contributed by atoms with van der Waals surface area (Å²) in [7, 11) is -4.33. The smallest absolute Gasteiger partial charge is 0.267 e. The molecule has 6 nitrogen and oxygen atoms in total. The number of allylic oxidation sites excluding steroid dienone is 3. The maximum atomic E-state index is 12.2. The fraction of sp³-hybridized carbons (Fsp3) is 0.815. The second-order valence-corrected chi connectivity index (χ2v) is 10.8. The van der Waals surface area contributed by atoms with Crippen LogP contribution in [-0.4, -0.2) is 41.9 Å². The highest BCUT2D eigenvalue weighted by Crippen LogP contribution is 2.10. The summed E-state index contributed by atoms with van der Waals surface area (Å²) < 4.78 is 31.9. The van der Waals surface area contributed by atoms with Crippen LogP contribution in [0.25, 0.3) is 0 Å². The van der Waals surface area contributed by atoms with Crippen molar-refractivity contribution < 1.29 is 22.9 Å². The first kappa shape index (κ1) is 32.8. The number of hydrogen-bond donors (Lipinski definition) is 3. The molecule has 1 amide bonds. The molecule has 2 unspecified atom stereocenters. The summed E-state index contributed by atoms with van der Waals surface area (Å²) in [6.45, 7) is 4.40. The lowest BCUT2D eigenvalue weighted by Gasteiger charge is -2.21. The molecule has 0 bridgehead atoms. The molecule has 200 valence electrons. The standard InChI is InChI=1S/C27H51NO5S/c1-3-5-7-9-11-13-14-15-16-18-20-22-26(29)25(24-34(31,32)33)28-27(30)23-21-19-17-12-10-8-6-4-2/h14-15,20,22,25-26,29H,3-13,16-19,21,23-24H2,1-2H3,(H,28,30)(H,31,32,33)/b15-14+,22-20+. The van der Waals surface area contributed by atoms with Crippen molar-refractivity contribution in [1.82, 2.24) is 5.32 Å². The van der Waals surface area contributed by atoms with E-state index in [1.165, 1.54) is 70.3 Å². The van der Waals surface area contributed by atoms with Crippen molar-refractivity contribution in [3.63, 3.8) is 0 Å². The van der Waals surface area contributed by atoms with Gasteiger partial charge >= 0.3 is 0 Å². The van der Waals surface area contributed by atoms with E-state index in [1.54, 1.807) is 6.08 Å². The van der Waals surface area contributed by atoms with E-state index in [-0.39, 0.29) is 12.3 Å². The molecule has 0 saturated carbocycles. The molecule has 0 saturated heterocycles. The molecule has 0 aliphatic carbocycles. The Balaban J connectivity index is 4.27. The molecule has 0 aliphatic heterocycles. The molecular weight excluding hydrogens is 450 g/mol. The van der Waals surface area contributed by atoms with Crippen LogP contribution >= 0.6 is 0 Å². The van der Waals surface area contributed by atoms with Gasteiger partial charge in [-0.15, -0.1) is 0 Å². The maximum Gasteiger partial charge on any atom is 0.267 e. The van der Waals surface area contributed by atoms with Gasteiger partial charge in [-0.2, -0.15) is 8.42 Å². The van der Waals surface area contributed by atoms with Gasteiger partial charge in [0.05, 0.1) is 17.9 Å². The molecule has 0 radical (unpaired) electrons. The average Bonchev–Trinajstić information content (AvgIpc) is 2.77. The molecule has 0 aromatic heterocycles. The van der Waals surface area contributed by atoms with Gasteiger partial charge in [-0.25, -0.2) is 0 Å². The molecule has 0 fully saturated rings. The van der Waals surface area contributed by atoms with Crippen molar-refractivity contribution in [2.45, 2.75) is 135 Å². The zero-order valence-electron chi connectivity index (χ0n) is 21.7. The second-order valence-electron chi connectivity index (χ2n) is 9.32. The van der Waals surface area contributed by atoms with Crippen molar-refractivity contribution in [1.29, 1.82) is 0 Å². The third-order valence-corrected chi connectivity index (χ3v) is 6.66. The Morgan fingerprint density at radius 2 is 1.26 bits per heavy atom. The van der Waals surface area contributed by atoms with Crippen LogP contribution in [0.2, 0.25) is 0 Å². The van der Waals surface area contributed by atoms with E-state index in [0.717, 1.165) is 32.1 Å². The minimum absolute atomic E-state index is 0.288. The highest BCUT2D eigenvalue weighted by molar-refractivity contribution is 7.85. The van der Waals surface area contributed by atoms with E-state index >= 15 is 0 Å². The van der Waals surface area contributed by atoms with Gasteiger partial charge in [0.15, 0.2) is 0 Å². The van der Waals surface area contributed by atoms with Gasteiger partial charge in [-0.3, -0.25) is 9.35 Å². The first-order valence-electron chi connectivity index (χ1n) is 13.5. The number of nitrogens with one attached hydrogen (secondary N) is 1. The molecule has 34 heavy (non-hydrogen) atoms. The molecular formula is C27H51NO5S. The van der Waals surface area contributed by atoms with E-state index in [2.05, 4.69) is 31.3 Å². The SMILES string of the molecule is CCCCCCC/C=C/CC/C=C/C(O)C(CS(=O)(=O)O)NC(=O)CCCCCCCCCC. The van der Waals surface area contributed by atoms with Crippen molar-refractivity contribution in [2.24, 2.45) is 0 Å². The third-order valence-electron chi connectivity index (χ3n) is 5.88. The summed E-state index contributed by atoms with van der Waals surface area (Å²) in [5.74, 6) is -1.01. The molecule has 0 heterocycles. The van der Waals surface area contributed by atoms with E-state index in [0.29, 0.717) is 6.42 Å². The van der Waals surface area contributed by atoms with Crippen LogP contribution in [0, 0.1) is 0 Å². The number of aliphatic hydroxyl groups excluding tert-OH is 1. The van der Waals surface area contributed by atoms with E-state index in [4.69, 9.17) is 0 Å². The number of hydrogen-bond acceptors (Lipinski definition) is 4. The van der Waals surface area contributed by atoms with Crippen LogP contribution < -0.4 is 5.32 Å². The van der Waals surface area contributed by atoms with Crippen LogP contribution in [-0.2, 0) is 14.9 Å². The number of unbranched alkanes of at least 4 members (excludes halogenated alkanes) is 13. The molecule has 7 heteroatoms. The van der Waals surface area contributed by atoms with Gasteiger partial charge in [0.25, 0.3) is 10.1 Å². The van der Waals surface area contributed by atoms with Gasteiger partial charge in [0.2, 0.25) is 5.91 Å². The number of rotatable bonds is 23. The fourth-order valence-corrected chi connectivity index (χ4v) is 4.55. The Morgan fingerprint density at radius 3 is 1.85 bits per heavy atom. The largest absolute Gasteiger partial charge is 0.387 e. The second kappa shape index (κ2) is 22.3. The summed E-state index contributed by atoms with van der Waals surface area (Å²) in [6, 6.07) is -1.06. The Labute approximate surface area is 209 Å². The minimum atomic E-state index is -4.33. The first-order valence-corrected chi connectivity index (χ1v) is 15.1. The number of carbonyl (C=O) groups is 1. The lowest BCUT2D eigenvalue weighted by atomic mass is 10.1. The Morgan fingerprint density at radius 1 is 0.765 bits per heavy atom. The Bertz CT molecular complexity index is 645. The average molecular weight is 502 g/mol. The number of amides is 1. The van der Waals surface area contributed by atoms with Gasteiger partial charge in [0, 0.05) is 6.42 Å². The van der Waals surface area contributed by atoms with Gasteiger partial charge in [0.1, 0.15) is 0 Å². The predicted octanol–water partition coefficient (Wildman–Crippen LogP) is 6.50. The lowest BCUT2D eigenvalue weighted by molar-refractivity contribution is -0.122. The van der Waals surface area contributed by atoms with E-state index < -0.39 is 28.0 Å². The maximum absolute atomic E-state index is 12.2. The summed E-state index contributed by atoms with van der Waals surface area (Å²) in [6.07, 6.45) is 24.6. The van der Waals surface area contributed by atoms with Crippen LogP contribution in [0.5, 0.6) is 0 Å². The monoisotopic (exact) mass is 501 g/mol.